The van der Waals surface area contributed by atoms with Gasteiger partial charge in [0.05, 0.1) is 27.8 Å². The van der Waals surface area contributed by atoms with Crippen LogP contribution < -0.4 is 0 Å². The van der Waals surface area contributed by atoms with Crippen molar-refractivity contribution >= 4 is 108 Å². The minimum absolute atomic E-state index is 0.0732. The molecule has 1 unspecified atom stereocenters. The van der Waals surface area contributed by atoms with E-state index in [9.17, 15) is 0 Å². The highest BCUT2D eigenvalue weighted by Gasteiger charge is 2.28. The Labute approximate surface area is 344 Å². The molecule has 59 heavy (non-hydrogen) atoms. The molecule has 0 bridgehead atoms. The molecule has 3 nitrogen and oxygen atoms in total. The van der Waals surface area contributed by atoms with Gasteiger partial charge in [0, 0.05) is 58.7 Å². The summed E-state index contributed by atoms with van der Waals surface area (Å²) in [6, 6.07) is 67.7. The van der Waals surface area contributed by atoms with Gasteiger partial charge in [-0.05, 0) is 89.0 Å². The minimum Gasteiger partial charge on any atom is -0.309 e. The molecular formula is C55H37N3S. The van der Waals surface area contributed by atoms with E-state index in [0.717, 1.165) is 36.5 Å². The van der Waals surface area contributed by atoms with Crippen molar-refractivity contribution in [2.24, 2.45) is 4.99 Å². The van der Waals surface area contributed by atoms with E-state index in [0.29, 0.717) is 0 Å². The Bertz CT molecular complexity index is 3730. The molecule has 3 aromatic heterocycles. The van der Waals surface area contributed by atoms with E-state index in [4.69, 9.17) is 4.99 Å². The maximum atomic E-state index is 5.81. The number of thiophene rings is 1. The summed E-state index contributed by atoms with van der Waals surface area (Å²) in [5.74, 6) is 1.15. The molecule has 1 aliphatic heterocycles. The van der Waals surface area contributed by atoms with Gasteiger partial charge in [-0.15, -0.1) is 11.3 Å². The summed E-state index contributed by atoms with van der Waals surface area (Å²) in [6.07, 6.45) is 3.08. The molecule has 278 valence electrons. The third-order valence-electron chi connectivity index (χ3n) is 13.0. The predicted molar refractivity (Wildman–Crippen MR) is 253 cm³/mol. The summed E-state index contributed by atoms with van der Waals surface area (Å²) >= 11 is 1.90. The SMILES string of the molecule is c1ccc2c(c1)CCCC(c1ccc3c(c1)sc1ccccc13)/C(n1c3cc(-n4c5ccccc5c5ccc6ccccc6c54)ccc3c3c4ccccc4ccc31)=N\2. The van der Waals surface area contributed by atoms with Crippen molar-refractivity contribution in [3.05, 3.63) is 193 Å². The average Bonchev–Trinajstić information content (AvgIpc) is 3.94. The molecule has 1 aliphatic rings. The highest BCUT2D eigenvalue weighted by Crippen LogP contribution is 2.43. The summed E-state index contributed by atoms with van der Waals surface area (Å²) in [7, 11) is 0. The molecule has 4 heterocycles. The molecule has 0 aliphatic carbocycles. The monoisotopic (exact) mass is 771 g/mol. The molecule has 1 atom stereocenters. The Hall–Kier alpha value is -7.01. The van der Waals surface area contributed by atoms with Crippen LogP contribution in [0, 0.1) is 0 Å². The molecule has 4 heteroatoms. The molecule has 0 saturated carbocycles. The van der Waals surface area contributed by atoms with Gasteiger partial charge in [-0.1, -0.05) is 140 Å². The number of aromatic nitrogens is 2. The van der Waals surface area contributed by atoms with Gasteiger partial charge in [-0.25, -0.2) is 4.99 Å². The van der Waals surface area contributed by atoms with Crippen LogP contribution in [-0.2, 0) is 6.42 Å². The number of nitrogens with zero attached hydrogens (tertiary/aromatic N) is 3. The van der Waals surface area contributed by atoms with Gasteiger partial charge in [0.2, 0.25) is 0 Å². The number of hydrogen-bond donors (Lipinski definition) is 0. The molecule has 0 saturated heterocycles. The Morgan fingerprint density at radius 1 is 0.475 bits per heavy atom. The molecule has 0 radical (unpaired) electrons. The molecule has 0 spiro atoms. The molecule has 9 aromatic carbocycles. The van der Waals surface area contributed by atoms with Gasteiger partial charge in [0.15, 0.2) is 0 Å². The molecule has 13 rings (SSSR count). The van der Waals surface area contributed by atoms with Crippen LogP contribution in [0.2, 0.25) is 0 Å². The smallest absolute Gasteiger partial charge is 0.121 e. The second kappa shape index (κ2) is 12.7. The van der Waals surface area contributed by atoms with Gasteiger partial charge in [-0.3, -0.25) is 4.57 Å². The van der Waals surface area contributed by atoms with Crippen LogP contribution in [0.5, 0.6) is 0 Å². The fourth-order valence-corrected chi connectivity index (χ4v) is 11.5. The van der Waals surface area contributed by atoms with Crippen LogP contribution in [0.1, 0.15) is 29.9 Å². The first-order valence-corrected chi connectivity index (χ1v) is 21.5. The van der Waals surface area contributed by atoms with E-state index in [2.05, 4.69) is 191 Å². The predicted octanol–water partition coefficient (Wildman–Crippen LogP) is 15.3. The number of para-hydroxylation sites is 2. The van der Waals surface area contributed by atoms with Gasteiger partial charge >= 0.3 is 0 Å². The Morgan fingerprint density at radius 2 is 1.17 bits per heavy atom. The van der Waals surface area contributed by atoms with E-state index < -0.39 is 0 Å². The van der Waals surface area contributed by atoms with Crippen LogP contribution in [-0.4, -0.2) is 15.0 Å². The number of benzene rings is 9. The summed E-state index contributed by atoms with van der Waals surface area (Å²) in [4.78, 5) is 5.81. The van der Waals surface area contributed by atoms with E-state index in [1.165, 1.54) is 96.5 Å². The molecular weight excluding hydrogens is 735 g/mol. The topological polar surface area (TPSA) is 22.2 Å². The Morgan fingerprint density at radius 3 is 2.08 bits per heavy atom. The van der Waals surface area contributed by atoms with E-state index in [1.54, 1.807) is 0 Å². The second-order valence-corrected chi connectivity index (χ2v) is 17.2. The van der Waals surface area contributed by atoms with E-state index in [-0.39, 0.29) is 5.92 Å². The number of aliphatic imine (C=N–C) groups is 1. The largest absolute Gasteiger partial charge is 0.309 e. The average molecular weight is 772 g/mol. The fraction of sp³-hybridized carbons (Fsp3) is 0.0727. The maximum absolute atomic E-state index is 5.81. The van der Waals surface area contributed by atoms with Crippen LogP contribution in [0.3, 0.4) is 0 Å². The fourth-order valence-electron chi connectivity index (χ4n) is 10.3. The Balaban J connectivity index is 1.15. The van der Waals surface area contributed by atoms with Crippen molar-refractivity contribution < 1.29 is 0 Å². The van der Waals surface area contributed by atoms with E-state index in [1.807, 2.05) is 11.3 Å². The third kappa shape index (κ3) is 4.90. The van der Waals surface area contributed by atoms with Crippen molar-refractivity contribution in [3.63, 3.8) is 0 Å². The molecule has 0 amide bonds. The standard InChI is InChI=1S/C55H37N3S/c1-4-16-39-34(12-1)26-31-49-53(39)46-30-27-38(57-48-22-9-6-18-42(48)45-29-24-35-13-2-5-17-40(35)54(45)57)33-50(46)58(49)55-41(20-11-15-36-14-3-8-21-47(36)56-55)37-25-28-44-43-19-7-10-23-51(43)59-52(44)32-37/h1-10,12-14,16-19,21-33,41H,11,15,20H2/b56-55+. The van der Waals surface area contributed by atoms with Crippen molar-refractivity contribution in [3.8, 4) is 5.69 Å². The van der Waals surface area contributed by atoms with Crippen LogP contribution >= 0.6 is 11.3 Å². The van der Waals surface area contributed by atoms with Gasteiger partial charge in [0.1, 0.15) is 5.84 Å². The highest BCUT2D eigenvalue weighted by atomic mass is 32.1. The molecule has 0 N–H and O–H groups in total. The summed E-state index contributed by atoms with van der Waals surface area (Å²) in [6.45, 7) is 0. The van der Waals surface area contributed by atoms with E-state index >= 15 is 0 Å². The first-order valence-electron chi connectivity index (χ1n) is 20.7. The quantitative estimate of drug-likeness (QED) is 0.167. The number of rotatable bonds is 2. The van der Waals surface area contributed by atoms with Crippen molar-refractivity contribution in [2.75, 3.05) is 0 Å². The first-order chi connectivity index (χ1) is 29.3. The zero-order valence-electron chi connectivity index (χ0n) is 32.3. The summed E-state index contributed by atoms with van der Waals surface area (Å²) < 4.78 is 7.70. The summed E-state index contributed by atoms with van der Waals surface area (Å²) in [5, 5.41) is 12.7. The lowest BCUT2D eigenvalue weighted by Gasteiger charge is -2.25. The van der Waals surface area contributed by atoms with Gasteiger partial charge in [0.25, 0.3) is 0 Å². The zero-order chi connectivity index (χ0) is 38.6. The first kappa shape index (κ1) is 33.0. The normalized spacial score (nSPS) is 15.7. The van der Waals surface area contributed by atoms with Crippen LogP contribution in [0.25, 0.3) is 91.0 Å². The number of aryl methyl sites for hydroxylation is 1. The Kier molecular flexibility index (Phi) is 7.13. The van der Waals surface area contributed by atoms with Gasteiger partial charge in [-0.2, -0.15) is 0 Å². The lowest BCUT2D eigenvalue weighted by molar-refractivity contribution is 0.682. The van der Waals surface area contributed by atoms with Crippen LogP contribution in [0.4, 0.5) is 5.69 Å². The van der Waals surface area contributed by atoms with Crippen molar-refractivity contribution in [2.45, 2.75) is 25.2 Å². The second-order valence-electron chi connectivity index (χ2n) is 16.2. The number of hydrogen-bond acceptors (Lipinski definition) is 2. The van der Waals surface area contributed by atoms with Crippen molar-refractivity contribution in [1.29, 1.82) is 0 Å². The highest BCUT2D eigenvalue weighted by molar-refractivity contribution is 7.25. The number of fused-ring (bicyclic) bond motifs is 14. The van der Waals surface area contributed by atoms with Crippen LogP contribution in [0.15, 0.2) is 187 Å². The van der Waals surface area contributed by atoms with Crippen molar-refractivity contribution in [1.82, 2.24) is 9.13 Å². The summed E-state index contributed by atoms with van der Waals surface area (Å²) in [5.41, 5.74) is 9.65. The lowest BCUT2D eigenvalue weighted by Crippen LogP contribution is -2.22. The molecule has 12 aromatic rings. The van der Waals surface area contributed by atoms with Gasteiger partial charge < -0.3 is 4.57 Å². The molecule has 0 fully saturated rings. The third-order valence-corrected chi connectivity index (χ3v) is 14.1. The lowest BCUT2D eigenvalue weighted by atomic mass is 9.89. The zero-order valence-corrected chi connectivity index (χ0v) is 33.1. The maximum Gasteiger partial charge on any atom is 0.121 e. The minimum atomic E-state index is 0.0732.